The van der Waals surface area contributed by atoms with E-state index in [1.807, 2.05) is 42.8 Å². The van der Waals surface area contributed by atoms with Crippen molar-refractivity contribution in [2.45, 2.75) is 20.4 Å². The van der Waals surface area contributed by atoms with Crippen LogP contribution in [0.3, 0.4) is 0 Å². The van der Waals surface area contributed by atoms with Gasteiger partial charge in [-0.05, 0) is 32.0 Å². The lowest BCUT2D eigenvalue weighted by atomic mass is 10.3. The van der Waals surface area contributed by atoms with Crippen molar-refractivity contribution in [2.24, 2.45) is 5.73 Å². The number of nitrogens with one attached hydrogen (secondary N) is 1. The Balaban J connectivity index is 2.21. The molecule has 0 spiro atoms. The summed E-state index contributed by atoms with van der Waals surface area (Å²) in [5.74, 6) is 0.263. The fourth-order valence-corrected chi connectivity index (χ4v) is 1.88. The van der Waals surface area contributed by atoms with Crippen LogP contribution in [0.25, 0.3) is 5.95 Å². The van der Waals surface area contributed by atoms with Gasteiger partial charge >= 0.3 is 0 Å². The van der Waals surface area contributed by atoms with Gasteiger partial charge in [0.15, 0.2) is 0 Å². The number of amides is 1. The van der Waals surface area contributed by atoms with Gasteiger partial charge in [0.2, 0.25) is 11.9 Å². The molecule has 0 saturated heterocycles. The van der Waals surface area contributed by atoms with E-state index in [1.165, 1.54) is 0 Å². The molecule has 0 fully saturated rings. The average molecular weight is 259 g/mol. The third kappa shape index (κ3) is 3.38. The minimum absolute atomic E-state index is 0.152. The van der Waals surface area contributed by atoms with Crippen LogP contribution in [0, 0.1) is 13.8 Å². The predicted octanol–water partition coefficient (Wildman–Crippen LogP) is 0.459. The third-order valence-corrected chi connectivity index (χ3v) is 2.62. The standard InChI is InChI=1S/C13H17N5O/c1-9-6-10(2)17-13(16-9)18-5-3-4-11(18)7-15-8-12(14)19/h3-6,15H,7-8H2,1-2H3,(H2,14,19). The van der Waals surface area contributed by atoms with Crippen LogP contribution in [0.15, 0.2) is 24.4 Å². The lowest BCUT2D eigenvalue weighted by Crippen LogP contribution is -2.28. The largest absolute Gasteiger partial charge is 0.369 e. The first-order valence-electron chi connectivity index (χ1n) is 6.04. The number of nitrogens with zero attached hydrogens (tertiary/aromatic N) is 3. The van der Waals surface area contributed by atoms with Crippen LogP contribution in [0.5, 0.6) is 0 Å². The maximum absolute atomic E-state index is 10.7. The summed E-state index contributed by atoms with van der Waals surface area (Å²) in [6, 6.07) is 5.80. The van der Waals surface area contributed by atoms with Gasteiger partial charge in [-0.25, -0.2) is 9.97 Å². The number of hydrogen-bond acceptors (Lipinski definition) is 4. The number of aromatic nitrogens is 3. The van der Waals surface area contributed by atoms with E-state index in [0.29, 0.717) is 12.5 Å². The van der Waals surface area contributed by atoms with Crippen molar-refractivity contribution in [3.05, 3.63) is 41.5 Å². The highest BCUT2D eigenvalue weighted by Gasteiger charge is 2.07. The van der Waals surface area contributed by atoms with Crippen LogP contribution in [-0.4, -0.2) is 27.0 Å². The fraction of sp³-hybridized carbons (Fsp3) is 0.308. The van der Waals surface area contributed by atoms with Gasteiger partial charge in [0, 0.05) is 29.8 Å². The molecule has 0 saturated carbocycles. The van der Waals surface area contributed by atoms with Crippen molar-refractivity contribution in [3.63, 3.8) is 0 Å². The quantitative estimate of drug-likeness (QED) is 0.816. The molecule has 0 bridgehead atoms. The van der Waals surface area contributed by atoms with E-state index in [2.05, 4.69) is 15.3 Å². The molecule has 2 heterocycles. The predicted molar refractivity (Wildman–Crippen MR) is 71.7 cm³/mol. The molecule has 0 aliphatic carbocycles. The smallest absolute Gasteiger partial charge is 0.234 e. The summed E-state index contributed by atoms with van der Waals surface area (Å²) in [6.45, 7) is 4.56. The molecule has 2 rings (SSSR count). The lowest BCUT2D eigenvalue weighted by molar-refractivity contribution is -0.117. The van der Waals surface area contributed by atoms with E-state index in [-0.39, 0.29) is 12.5 Å². The summed E-state index contributed by atoms with van der Waals surface area (Å²) in [6.07, 6.45) is 1.90. The Morgan fingerprint density at radius 1 is 1.37 bits per heavy atom. The number of nitrogens with two attached hydrogens (primary N) is 1. The molecule has 0 aliphatic rings. The molecule has 0 radical (unpaired) electrons. The second-order valence-corrected chi connectivity index (χ2v) is 4.39. The Bertz CT molecular complexity index is 570. The van der Waals surface area contributed by atoms with E-state index in [4.69, 9.17) is 5.73 Å². The van der Waals surface area contributed by atoms with Gasteiger partial charge in [0.25, 0.3) is 0 Å². The topological polar surface area (TPSA) is 85.8 Å². The van der Waals surface area contributed by atoms with Gasteiger partial charge in [0.05, 0.1) is 6.54 Å². The SMILES string of the molecule is Cc1cc(C)nc(-n2cccc2CNCC(N)=O)n1. The van der Waals surface area contributed by atoms with Crippen molar-refractivity contribution in [2.75, 3.05) is 6.54 Å². The van der Waals surface area contributed by atoms with Gasteiger partial charge in [-0.1, -0.05) is 0 Å². The molecule has 0 unspecified atom stereocenters. The van der Waals surface area contributed by atoms with Gasteiger partial charge in [0.1, 0.15) is 0 Å². The Kier molecular flexibility index (Phi) is 3.91. The van der Waals surface area contributed by atoms with Crippen LogP contribution >= 0.6 is 0 Å². The number of carbonyl (C=O) groups is 1. The highest BCUT2D eigenvalue weighted by atomic mass is 16.1. The number of hydrogen-bond donors (Lipinski definition) is 2. The number of rotatable bonds is 5. The van der Waals surface area contributed by atoms with Gasteiger partial charge in [-0.15, -0.1) is 0 Å². The molecular formula is C13H17N5O. The highest BCUT2D eigenvalue weighted by molar-refractivity contribution is 5.75. The minimum atomic E-state index is -0.374. The summed E-state index contributed by atoms with van der Waals surface area (Å²) in [4.78, 5) is 19.5. The zero-order valence-corrected chi connectivity index (χ0v) is 11.1. The molecule has 2 aromatic heterocycles. The molecule has 0 aromatic carbocycles. The number of aryl methyl sites for hydroxylation is 2. The molecule has 100 valence electrons. The van der Waals surface area contributed by atoms with E-state index in [1.54, 1.807) is 0 Å². The summed E-state index contributed by atoms with van der Waals surface area (Å²) < 4.78 is 1.90. The van der Waals surface area contributed by atoms with E-state index in [9.17, 15) is 4.79 Å². The van der Waals surface area contributed by atoms with Crippen molar-refractivity contribution in [1.82, 2.24) is 19.9 Å². The molecular weight excluding hydrogens is 242 g/mol. The number of carbonyl (C=O) groups excluding carboxylic acids is 1. The highest BCUT2D eigenvalue weighted by Crippen LogP contribution is 2.10. The maximum atomic E-state index is 10.7. The maximum Gasteiger partial charge on any atom is 0.234 e. The Labute approximate surface area is 111 Å². The molecule has 0 atom stereocenters. The average Bonchev–Trinajstić information content (AvgIpc) is 2.75. The Hall–Kier alpha value is -2.21. The molecule has 3 N–H and O–H groups in total. The van der Waals surface area contributed by atoms with Crippen LogP contribution in [0.4, 0.5) is 0 Å². The fourth-order valence-electron chi connectivity index (χ4n) is 1.88. The monoisotopic (exact) mass is 259 g/mol. The molecule has 6 nitrogen and oxygen atoms in total. The molecule has 1 amide bonds. The lowest BCUT2D eigenvalue weighted by Gasteiger charge is -2.09. The Morgan fingerprint density at radius 3 is 2.68 bits per heavy atom. The van der Waals surface area contributed by atoms with Gasteiger partial charge in [-0.3, -0.25) is 9.36 Å². The first-order chi connectivity index (χ1) is 9.06. The molecule has 19 heavy (non-hydrogen) atoms. The van der Waals surface area contributed by atoms with Gasteiger partial charge < -0.3 is 11.1 Å². The molecule has 0 aliphatic heterocycles. The first-order valence-corrected chi connectivity index (χ1v) is 6.04. The van der Waals surface area contributed by atoms with Crippen molar-refractivity contribution in [1.29, 1.82) is 0 Å². The number of primary amides is 1. The first kappa shape index (κ1) is 13.2. The van der Waals surface area contributed by atoms with Crippen molar-refractivity contribution < 1.29 is 4.79 Å². The van der Waals surface area contributed by atoms with E-state index >= 15 is 0 Å². The van der Waals surface area contributed by atoms with Crippen molar-refractivity contribution >= 4 is 5.91 Å². The normalized spacial score (nSPS) is 10.6. The minimum Gasteiger partial charge on any atom is -0.369 e. The molecule has 2 aromatic rings. The second kappa shape index (κ2) is 5.62. The van der Waals surface area contributed by atoms with Crippen LogP contribution in [0.2, 0.25) is 0 Å². The van der Waals surface area contributed by atoms with E-state index in [0.717, 1.165) is 17.1 Å². The summed E-state index contributed by atoms with van der Waals surface area (Å²) in [5.41, 5.74) is 7.91. The summed E-state index contributed by atoms with van der Waals surface area (Å²) >= 11 is 0. The second-order valence-electron chi connectivity index (χ2n) is 4.39. The van der Waals surface area contributed by atoms with Gasteiger partial charge in [-0.2, -0.15) is 0 Å². The summed E-state index contributed by atoms with van der Waals surface area (Å²) in [5, 5.41) is 2.98. The third-order valence-electron chi connectivity index (χ3n) is 2.62. The van der Waals surface area contributed by atoms with Crippen LogP contribution < -0.4 is 11.1 Å². The van der Waals surface area contributed by atoms with Crippen molar-refractivity contribution in [3.8, 4) is 5.95 Å². The van der Waals surface area contributed by atoms with E-state index < -0.39 is 0 Å². The van der Waals surface area contributed by atoms with Crippen LogP contribution in [-0.2, 0) is 11.3 Å². The van der Waals surface area contributed by atoms with Crippen LogP contribution in [0.1, 0.15) is 17.1 Å². The zero-order valence-electron chi connectivity index (χ0n) is 11.1. The summed E-state index contributed by atoms with van der Waals surface area (Å²) in [7, 11) is 0. The Morgan fingerprint density at radius 2 is 2.05 bits per heavy atom. The zero-order chi connectivity index (χ0) is 13.8. The molecule has 6 heteroatoms.